The Bertz CT molecular complexity index is 590. The lowest BCUT2D eigenvalue weighted by Gasteiger charge is -2.21. The lowest BCUT2D eigenvalue weighted by atomic mass is 9.84. The van der Waals surface area contributed by atoms with Gasteiger partial charge in [0.25, 0.3) is 9.68 Å². The van der Waals surface area contributed by atoms with Crippen LogP contribution in [0.3, 0.4) is 0 Å². The highest BCUT2D eigenvalue weighted by molar-refractivity contribution is 6.66. The van der Waals surface area contributed by atoms with Gasteiger partial charge in [-0.3, -0.25) is 4.98 Å². The first-order valence-corrected chi connectivity index (χ1v) is 6.69. The molecule has 2 rings (SSSR count). The molecule has 0 aliphatic carbocycles. The van der Waals surface area contributed by atoms with E-state index in [1.54, 1.807) is 6.20 Å². The van der Waals surface area contributed by atoms with Crippen molar-refractivity contribution in [3.63, 3.8) is 0 Å². The Morgan fingerprint density at radius 1 is 1.21 bits per heavy atom. The molecule has 0 unspecified atom stereocenters. The Kier molecular flexibility index (Phi) is 3.78. The molecule has 7 heteroatoms. The SMILES string of the molecule is Cc1cc(C(C)(C)c2noc(C(Cl)(Cl)Cl)n2)ccn1. The van der Waals surface area contributed by atoms with Crippen molar-refractivity contribution in [3.8, 4) is 0 Å². The molecule has 0 fully saturated rings. The number of hydrogen-bond acceptors (Lipinski definition) is 4. The number of hydrogen-bond donors (Lipinski definition) is 0. The fourth-order valence-electron chi connectivity index (χ4n) is 1.66. The summed E-state index contributed by atoms with van der Waals surface area (Å²) in [6, 6.07) is 3.86. The van der Waals surface area contributed by atoms with E-state index in [9.17, 15) is 0 Å². The maximum absolute atomic E-state index is 5.72. The second-order valence-electron chi connectivity index (χ2n) is 4.73. The highest BCUT2D eigenvalue weighted by atomic mass is 35.6. The van der Waals surface area contributed by atoms with Gasteiger partial charge in [0.2, 0.25) is 0 Å². The van der Waals surface area contributed by atoms with Gasteiger partial charge >= 0.3 is 0 Å². The van der Waals surface area contributed by atoms with Crippen LogP contribution in [0.4, 0.5) is 0 Å². The molecule has 0 N–H and O–H groups in total. The van der Waals surface area contributed by atoms with Gasteiger partial charge < -0.3 is 4.52 Å². The van der Waals surface area contributed by atoms with Gasteiger partial charge in [0.15, 0.2) is 5.82 Å². The van der Waals surface area contributed by atoms with Crippen LogP contribution in [0, 0.1) is 6.92 Å². The van der Waals surface area contributed by atoms with Gasteiger partial charge in [-0.05, 0) is 38.5 Å². The highest BCUT2D eigenvalue weighted by Gasteiger charge is 2.35. The fourth-order valence-corrected chi connectivity index (χ4v) is 1.89. The van der Waals surface area contributed by atoms with Crippen LogP contribution < -0.4 is 0 Å². The third-order valence-corrected chi connectivity index (χ3v) is 3.33. The second-order valence-corrected chi connectivity index (χ2v) is 7.01. The standard InChI is InChI=1S/C12H12Cl3N3O/c1-7-6-8(4-5-16-7)11(2,3)9-17-10(19-18-9)12(13,14)15/h4-6H,1-3H3. The monoisotopic (exact) mass is 319 g/mol. The smallest absolute Gasteiger partial charge is 0.278 e. The molecule has 19 heavy (non-hydrogen) atoms. The predicted molar refractivity (Wildman–Crippen MR) is 74.6 cm³/mol. The minimum Gasteiger partial charge on any atom is -0.335 e. The summed E-state index contributed by atoms with van der Waals surface area (Å²) >= 11 is 17.2. The van der Waals surface area contributed by atoms with Crippen LogP contribution in [0.1, 0.15) is 36.8 Å². The summed E-state index contributed by atoms with van der Waals surface area (Å²) in [5.41, 5.74) is 1.46. The number of halogens is 3. The molecule has 0 radical (unpaired) electrons. The summed E-state index contributed by atoms with van der Waals surface area (Å²) in [6.07, 6.45) is 1.74. The topological polar surface area (TPSA) is 51.8 Å². The molecule has 0 aliphatic rings. The molecule has 2 heterocycles. The number of pyridine rings is 1. The first-order valence-electron chi connectivity index (χ1n) is 5.56. The van der Waals surface area contributed by atoms with Crippen molar-refractivity contribution in [1.29, 1.82) is 0 Å². The molecule has 0 aromatic carbocycles. The van der Waals surface area contributed by atoms with Crippen molar-refractivity contribution in [1.82, 2.24) is 15.1 Å². The summed E-state index contributed by atoms with van der Waals surface area (Å²) < 4.78 is 3.28. The van der Waals surface area contributed by atoms with Crippen LogP contribution in [0.2, 0.25) is 0 Å². The van der Waals surface area contributed by atoms with E-state index in [-0.39, 0.29) is 5.89 Å². The molecule has 0 aliphatic heterocycles. The zero-order valence-corrected chi connectivity index (χ0v) is 12.9. The van der Waals surface area contributed by atoms with Crippen molar-refractivity contribution in [3.05, 3.63) is 41.3 Å². The molecule has 0 bridgehead atoms. The van der Waals surface area contributed by atoms with E-state index in [0.717, 1.165) is 11.3 Å². The summed E-state index contributed by atoms with van der Waals surface area (Å²) in [6.45, 7) is 5.85. The molecule has 2 aromatic rings. The Morgan fingerprint density at radius 3 is 2.42 bits per heavy atom. The van der Waals surface area contributed by atoms with Crippen molar-refractivity contribution in [2.75, 3.05) is 0 Å². The lowest BCUT2D eigenvalue weighted by molar-refractivity contribution is 0.369. The summed E-state index contributed by atoms with van der Waals surface area (Å²) in [5.74, 6) is 0.422. The molecular formula is C12H12Cl3N3O. The van der Waals surface area contributed by atoms with Gasteiger partial charge in [-0.1, -0.05) is 40.0 Å². The molecule has 0 atom stereocenters. The number of rotatable bonds is 2. The fraction of sp³-hybridized carbons (Fsp3) is 0.417. The molecular weight excluding hydrogens is 309 g/mol. The Labute approximate surface area is 126 Å². The molecule has 4 nitrogen and oxygen atoms in total. The minimum atomic E-state index is -1.71. The molecule has 0 amide bonds. The normalized spacial score (nSPS) is 12.7. The Balaban J connectivity index is 2.42. The average molecular weight is 321 g/mol. The van der Waals surface area contributed by atoms with Crippen LogP contribution in [-0.4, -0.2) is 15.1 Å². The Hall–Kier alpha value is -0.840. The number of nitrogens with zero attached hydrogens (tertiary/aromatic N) is 3. The maximum Gasteiger partial charge on any atom is 0.278 e. The number of alkyl halides is 3. The predicted octanol–water partition coefficient (Wildman–Crippen LogP) is 3.93. The van der Waals surface area contributed by atoms with Gasteiger partial charge in [0.1, 0.15) is 0 Å². The van der Waals surface area contributed by atoms with Crippen molar-refractivity contribution in [2.24, 2.45) is 0 Å². The molecule has 0 spiro atoms. The maximum atomic E-state index is 5.72. The third kappa shape index (κ3) is 3.02. The first-order chi connectivity index (χ1) is 8.71. The van der Waals surface area contributed by atoms with Crippen LogP contribution in [-0.2, 0) is 9.21 Å². The average Bonchev–Trinajstić information content (AvgIpc) is 2.78. The van der Waals surface area contributed by atoms with Crippen molar-refractivity contribution < 1.29 is 4.52 Å². The second kappa shape index (κ2) is 4.93. The van der Waals surface area contributed by atoms with Crippen LogP contribution in [0.25, 0.3) is 0 Å². The van der Waals surface area contributed by atoms with E-state index in [0.29, 0.717) is 5.82 Å². The van der Waals surface area contributed by atoms with E-state index in [1.165, 1.54) is 0 Å². The lowest BCUT2D eigenvalue weighted by Crippen LogP contribution is -2.21. The third-order valence-electron chi connectivity index (χ3n) is 2.85. The minimum absolute atomic E-state index is 0.0358. The van der Waals surface area contributed by atoms with Crippen LogP contribution in [0.15, 0.2) is 22.9 Å². The van der Waals surface area contributed by atoms with Gasteiger partial charge in [-0.2, -0.15) is 4.98 Å². The van der Waals surface area contributed by atoms with Gasteiger partial charge in [0.05, 0.1) is 5.41 Å². The van der Waals surface area contributed by atoms with Crippen LogP contribution >= 0.6 is 34.8 Å². The zero-order valence-electron chi connectivity index (χ0n) is 10.6. The van der Waals surface area contributed by atoms with Gasteiger partial charge in [-0.15, -0.1) is 0 Å². The summed E-state index contributed by atoms with van der Waals surface area (Å²) in [4.78, 5) is 8.33. The van der Waals surface area contributed by atoms with E-state index < -0.39 is 9.21 Å². The molecule has 0 saturated carbocycles. The highest BCUT2D eigenvalue weighted by Crippen LogP contribution is 2.38. The number of aromatic nitrogens is 3. The quantitative estimate of drug-likeness (QED) is 0.787. The first kappa shape index (κ1) is 14.6. The molecule has 2 aromatic heterocycles. The van der Waals surface area contributed by atoms with E-state index >= 15 is 0 Å². The molecule has 0 saturated heterocycles. The van der Waals surface area contributed by atoms with Gasteiger partial charge in [-0.25, -0.2) is 0 Å². The van der Waals surface area contributed by atoms with Crippen molar-refractivity contribution >= 4 is 34.8 Å². The van der Waals surface area contributed by atoms with E-state index in [4.69, 9.17) is 39.3 Å². The number of aryl methyl sites for hydroxylation is 1. The molecule has 102 valence electrons. The summed E-state index contributed by atoms with van der Waals surface area (Å²) in [5, 5.41) is 3.90. The largest absolute Gasteiger partial charge is 0.335 e. The zero-order chi connectivity index (χ0) is 14.3. The summed E-state index contributed by atoms with van der Waals surface area (Å²) in [7, 11) is 0. The Morgan fingerprint density at radius 2 is 1.89 bits per heavy atom. The van der Waals surface area contributed by atoms with Gasteiger partial charge in [0, 0.05) is 11.9 Å². The van der Waals surface area contributed by atoms with E-state index in [1.807, 2.05) is 32.9 Å². The van der Waals surface area contributed by atoms with E-state index in [2.05, 4.69) is 15.1 Å². The van der Waals surface area contributed by atoms with Crippen molar-refractivity contribution in [2.45, 2.75) is 30.0 Å². The van der Waals surface area contributed by atoms with Crippen LogP contribution in [0.5, 0.6) is 0 Å².